The molecule has 0 amide bonds. The number of nitrogens with zero attached hydrogens (tertiary/aromatic N) is 14. The van der Waals surface area contributed by atoms with Crippen molar-refractivity contribution >= 4 is 0 Å². The number of hydrogen-bond donors (Lipinski definition) is 18. The minimum Gasteiger partial charge on any atom is -0.395 e. The van der Waals surface area contributed by atoms with Gasteiger partial charge in [-0.2, -0.15) is 0 Å². The van der Waals surface area contributed by atoms with Crippen LogP contribution in [0.15, 0.2) is 31.2 Å². The van der Waals surface area contributed by atoms with Crippen LogP contribution >= 0.6 is 0 Å². The summed E-state index contributed by atoms with van der Waals surface area (Å²) in [6.45, 7) is 52.7. The van der Waals surface area contributed by atoms with Gasteiger partial charge in [-0.1, -0.05) is 34.1 Å². The number of aliphatic hydroxyl groups is 4. The number of piperidine rings is 1. The van der Waals surface area contributed by atoms with E-state index in [4.69, 9.17) is 104 Å². The fraction of sp³-hybridized carbons (Fsp3) is 0.925. The Hall–Kier alpha value is -2.78. The van der Waals surface area contributed by atoms with Crippen LogP contribution in [-0.2, 0) is 22.4 Å². The van der Waals surface area contributed by atoms with Gasteiger partial charge < -0.3 is 148 Å². The van der Waals surface area contributed by atoms with Gasteiger partial charge in [-0.15, -0.1) is 0 Å². The van der Waals surface area contributed by atoms with Crippen LogP contribution in [0.2, 0.25) is 0 Å². The number of likely N-dealkylation sites (N-methyl/N-ethyl adjacent to an activating group) is 2. The summed E-state index contributed by atoms with van der Waals surface area (Å²) in [6, 6.07) is 1.09. The van der Waals surface area contributed by atoms with E-state index >= 15 is 0 Å². The molecule has 34 nitrogen and oxygen atoms in total. The normalized spacial score (nSPS) is 15.9. The third-order valence-corrected chi connectivity index (χ3v) is 18.4. The number of nitrogens with one attached hydrogen (secondary N) is 1. The van der Waals surface area contributed by atoms with E-state index in [0.29, 0.717) is 51.9 Å². The third-order valence-electron chi connectivity index (χ3n) is 18.4. The highest BCUT2D eigenvalue weighted by molar-refractivity contribution is 4.94. The molecule has 0 radical (unpaired) electrons. The van der Waals surface area contributed by atoms with Gasteiger partial charge in [0.05, 0.1) is 65.5 Å². The summed E-state index contributed by atoms with van der Waals surface area (Å²) in [4.78, 5) is 35.5. The summed E-state index contributed by atoms with van der Waals surface area (Å²) >= 11 is 0. The number of aryl methyl sites for hydroxylation is 1. The van der Waals surface area contributed by atoms with Crippen molar-refractivity contribution < 1.29 is 29.9 Å². The molecule has 5 aliphatic heterocycles. The maximum Gasteiger partial charge on any atom is 0.0945 e. The Morgan fingerprint density at radius 1 is 0.439 bits per heavy atom. The standard InChI is InChI=1S/C7H18N2O2.C7H16N2O.2C7H16N2.C7H18N2.C6H11N3.C6H16N2O2.C6H14N2O.C6H14N2.C6H16N2.C5H9N3.2C5H14N2/c8-2-1-3-9(4-6-10)5-7-11;8-2-1-3-9-4-6-10-7-5-9;1-9-6-2-3-7(9)4-5-8;8-4-7-9-5-2-1-3-6-9;1-3-9(4-2)7-5-6-8;7-2-1-4-9-5-3-8-6-9;7-1-2-8(3-5-9)4-6-10;7-1-2-8-3-5-9-6-4-8;7-3-6-8-4-1-2-5-8;1-3-8(4-2)6-5-7;6-2-1-5-3-7-4-8-5;1-5(6)4-7(2)3;1-7(2)5-3-4-6/h10-11H,1-8H2;1-8H2;7H,2-6,8H2,1H3;1-8H2;3-8H2,1-2H3;3,5-6H,1-2,4,7H2;9-10H,1-7H2;1-7H2;1-7H2;3-7H2,1-2H3;3-4H,1-2,6H2,(H,7,8);5H,4,6H2,1-3H3;3-6H2,1-2H3. The number of nitrogens with two attached hydrogens (primary N) is 13. The summed E-state index contributed by atoms with van der Waals surface area (Å²) < 4.78 is 12.4. The number of aromatic nitrogens is 4. The SMILES string of the molecule is CC(N)CN(C)C.CCN(CC)CCCN.CCN(CC)CCN.CN(C)CCCN.CN1CCCC1CCN.NCCCN(CCO)CCO.NCCCN1CCOCC1.NCCCn1ccnc1.NCCN(CCO)CCO.NCCN1CCCC1.NCCN1CCCCC1.NCCN1CCOCC1.NCCc1cnc[nH]1. The lowest BCUT2D eigenvalue weighted by Gasteiger charge is -2.26. The molecule has 5 saturated heterocycles. The van der Waals surface area contributed by atoms with Crippen LogP contribution in [0.1, 0.15) is 124 Å². The van der Waals surface area contributed by atoms with Crippen molar-refractivity contribution in [3.8, 4) is 0 Å². The number of rotatable bonds is 43. The lowest BCUT2D eigenvalue weighted by molar-refractivity contribution is 0.0377. The molecule has 2 aromatic heterocycles. The molecule has 2 atom stereocenters. The molecule has 0 aromatic carbocycles. The van der Waals surface area contributed by atoms with Crippen molar-refractivity contribution in [1.82, 2.24) is 73.4 Å². The van der Waals surface area contributed by atoms with Crippen LogP contribution in [0.5, 0.6) is 0 Å². The fourth-order valence-electron chi connectivity index (χ4n) is 11.8. The topological polar surface area (TPSA) is 520 Å². The van der Waals surface area contributed by atoms with E-state index in [0.717, 1.165) is 260 Å². The second kappa shape index (κ2) is 101. The predicted molar refractivity (Wildman–Crippen MR) is 485 cm³/mol. The fourth-order valence-corrected chi connectivity index (χ4v) is 11.8. The molecule has 114 heavy (non-hydrogen) atoms. The highest BCUT2D eigenvalue weighted by Gasteiger charge is 2.19. The molecule has 0 aliphatic carbocycles. The summed E-state index contributed by atoms with van der Waals surface area (Å²) in [5, 5.41) is 34.3. The van der Waals surface area contributed by atoms with E-state index in [9.17, 15) is 0 Å². The first-order valence-corrected chi connectivity index (χ1v) is 43.7. The predicted octanol–water partition coefficient (Wildman–Crippen LogP) is -2.40. The van der Waals surface area contributed by atoms with Gasteiger partial charge in [0.25, 0.3) is 0 Å². The second-order valence-corrected chi connectivity index (χ2v) is 29.0. The van der Waals surface area contributed by atoms with Gasteiger partial charge in [-0.25, -0.2) is 9.97 Å². The van der Waals surface area contributed by atoms with Crippen molar-refractivity contribution in [2.24, 2.45) is 74.5 Å². The molecule has 0 spiro atoms. The van der Waals surface area contributed by atoms with Crippen molar-refractivity contribution in [3.63, 3.8) is 0 Å². The monoisotopic (exact) mass is 1640 g/mol. The van der Waals surface area contributed by atoms with E-state index < -0.39 is 0 Å². The van der Waals surface area contributed by atoms with Crippen molar-refractivity contribution in [1.29, 1.82) is 0 Å². The molecule has 2 aromatic rings. The number of imidazole rings is 2. The van der Waals surface area contributed by atoms with Gasteiger partial charge in [-0.05, 0) is 250 Å². The Balaban J connectivity index is -0.000000278. The molecule has 0 saturated carbocycles. The zero-order chi connectivity index (χ0) is 86.6. The number of aliphatic hydroxyl groups excluding tert-OH is 4. The second-order valence-electron chi connectivity index (χ2n) is 29.0. The third kappa shape index (κ3) is 93.1. The lowest BCUT2D eigenvalue weighted by Crippen LogP contribution is -2.39. The maximum atomic E-state index is 8.61. The summed E-state index contributed by atoms with van der Waals surface area (Å²) in [5.74, 6) is 0. The van der Waals surface area contributed by atoms with E-state index in [1.165, 1.54) is 84.1 Å². The molecular weight excluding hydrogens is 1450 g/mol. The maximum absolute atomic E-state index is 8.61. The molecule has 7 heterocycles. The first kappa shape index (κ1) is 122. The van der Waals surface area contributed by atoms with Gasteiger partial charge in [-0.3, -0.25) is 19.6 Å². The zero-order valence-corrected chi connectivity index (χ0v) is 75.3. The first-order chi connectivity index (χ1) is 55.2. The minimum absolute atomic E-state index is 0.125. The Kier molecular flexibility index (Phi) is 108. The Morgan fingerprint density at radius 2 is 0.842 bits per heavy atom. The van der Waals surface area contributed by atoms with Crippen LogP contribution in [0.3, 0.4) is 0 Å². The summed E-state index contributed by atoms with van der Waals surface area (Å²) in [5.41, 5.74) is 70.7. The van der Waals surface area contributed by atoms with Crippen LogP contribution in [0.25, 0.3) is 0 Å². The lowest BCUT2D eigenvalue weighted by atomic mass is 10.1. The smallest absolute Gasteiger partial charge is 0.0945 e. The van der Waals surface area contributed by atoms with Gasteiger partial charge in [0, 0.05) is 174 Å². The number of aromatic amines is 1. The molecule has 5 fully saturated rings. The van der Waals surface area contributed by atoms with Gasteiger partial charge in [0.15, 0.2) is 0 Å². The average Bonchev–Trinajstić information content (AvgIpc) is 1.84. The average molecular weight is 1640 g/mol. The van der Waals surface area contributed by atoms with Gasteiger partial charge in [0.2, 0.25) is 0 Å². The number of hydrogen-bond acceptors (Lipinski definition) is 32. The Bertz CT molecular complexity index is 1890. The zero-order valence-electron chi connectivity index (χ0n) is 75.3. The van der Waals surface area contributed by atoms with Crippen molar-refractivity contribution in [2.75, 3.05) is 343 Å². The molecule has 2 unspecified atom stereocenters. The van der Waals surface area contributed by atoms with E-state index in [2.05, 4.69) is 108 Å². The van der Waals surface area contributed by atoms with Crippen molar-refractivity contribution in [3.05, 3.63) is 36.9 Å². The first-order valence-electron chi connectivity index (χ1n) is 43.7. The molecule has 34 heteroatoms. The number of morpholine rings is 2. The Morgan fingerprint density at radius 3 is 1.16 bits per heavy atom. The highest BCUT2D eigenvalue weighted by Crippen LogP contribution is 2.16. The quantitative estimate of drug-likeness (QED) is 0.0329. The minimum atomic E-state index is 0.125. The number of likely N-dealkylation sites (tertiary alicyclic amines) is 3. The molecule has 0 bridgehead atoms. The molecule has 688 valence electrons. The van der Waals surface area contributed by atoms with Gasteiger partial charge >= 0.3 is 0 Å². The highest BCUT2D eigenvalue weighted by atomic mass is 16.5. The molecule has 5 aliphatic rings. The Labute approximate surface area is 698 Å². The molecule has 7 rings (SSSR count). The van der Waals surface area contributed by atoms with E-state index in [-0.39, 0.29) is 26.4 Å². The number of H-pyrrole nitrogens is 1. The number of ether oxygens (including phenoxy) is 2. The van der Waals surface area contributed by atoms with Crippen LogP contribution in [0.4, 0.5) is 0 Å². The van der Waals surface area contributed by atoms with Crippen LogP contribution in [-0.4, -0.2) is 449 Å². The molecular formula is C80H192N28O6. The van der Waals surface area contributed by atoms with Gasteiger partial charge in [0.1, 0.15) is 0 Å². The van der Waals surface area contributed by atoms with E-state index in [1.54, 1.807) is 25.0 Å². The van der Waals surface area contributed by atoms with Crippen LogP contribution in [0, 0.1) is 0 Å². The molecule has 31 N–H and O–H groups in total. The van der Waals surface area contributed by atoms with E-state index in [1.807, 2.05) is 41.6 Å². The largest absolute Gasteiger partial charge is 0.395 e. The summed E-state index contributed by atoms with van der Waals surface area (Å²) in [6.07, 6.45) is 25.9. The van der Waals surface area contributed by atoms with Crippen molar-refractivity contribution in [2.45, 2.75) is 143 Å². The van der Waals surface area contributed by atoms with Crippen LogP contribution < -0.4 is 74.5 Å². The summed E-state index contributed by atoms with van der Waals surface area (Å²) in [7, 11) is 10.3.